The second-order valence-corrected chi connectivity index (χ2v) is 8.67. The summed E-state index contributed by atoms with van der Waals surface area (Å²) in [5, 5.41) is 17.2. The van der Waals surface area contributed by atoms with Crippen molar-refractivity contribution in [2.75, 3.05) is 25.0 Å². The molecule has 0 radical (unpaired) electrons. The van der Waals surface area contributed by atoms with Crippen molar-refractivity contribution in [2.45, 2.75) is 38.7 Å². The van der Waals surface area contributed by atoms with Gasteiger partial charge in [0, 0.05) is 45.4 Å². The van der Waals surface area contributed by atoms with Crippen LogP contribution in [0, 0.1) is 10.1 Å². The number of rotatable bonds is 10. The van der Waals surface area contributed by atoms with E-state index in [0.29, 0.717) is 37.4 Å². The van der Waals surface area contributed by atoms with E-state index in [0.717, 1.165) is 4.57 Å². The molecular weight excluding hydrogens is 430 g/mol. The number of nitro benzene ring substituents is 1. The van der Waals surface area contributed by atoms with Gasteiger partial charge < -0.3 is 15.4 Å². The van der Waals surface area contributed by atoms with E-state index in [1.54, 1.807) is 40.0 Å². The molecule has 0 amide bonds. The van der Waals surface area contributed by atoms with Crippen LogP contribution >= 0.6 is 0 Å². The van der Waals surface area contributed by atoms with Crippen LogP contribution in [0.1, 0.15) is 38.7 Å². The number of benzene rings is 1. The molecule has 0 saturated carbocycles. The molecule has 0 spiro atoms. The molecule has 11 nitrogen and oxygen atoms in total. The number of esters is 1. The number of nitrogens with zero attached hydrogens (tertiary/aromatic N) is 3. The Labute approximate surface area is 191 Å². The van der Waals surface area contributed by atoms with E-state index in [1.165, 1.54) is 29.8 Å². The Morgan fingerprint density at radius 2 is 1.73 bits per heavy atom. The minimum atomic E-state index is -0.657. The maximum absolute atomic E-state index is 12.8. The third-order valence-corrected chi connectivity index (χ3v) is 4.94. The van der Waals surface area contributed by atoms with E-state index in [2.05, 4.69) is 10.6 Å². The van der Waals surface area contributed by atoms with Gasteiger partial charge in [-0.05, 0) is 39.3 Å². The molecule has 0 aliphatic rings. The fourth-order valence-corrected chi connectivity index (χ4v) is 3.17. The Morgan fingerprint density at radius 1 is 1.09 bits per heavy atom. The summed E-state index contributed by atoms with van der Waals surface area (Å²) >= 11 is 0. The van der Waals surface area contributed by atoms with Crippen molar-refractivity contribution in [3.05, 3.63) is 66.8 Å². The lowest BCUT2D eigenvalue weighted by Gasteiger charge is -2.24. The number of nitro groups is 1. The second kappa shape index (κ2) is 10.9. The van der Waals surface area contributed by atoms with Gasteiger partial charge in [-0.1, -0.05) is 12.1 Å². The van der Waals surface area contributed by atoms with Crippen LogP contribution in [-0.4, -0.2) is 45.3 Å². The molecule has 180 valence electrons. The minimum Gasteiger partial charge on any atom is -0.459 e. The van der Waals surface area contributed by atoms with E-state index < -0.39 is 33.7 Å². The summed E-state index contributed by atoms with van der Waals surface area (Å²) < 4.78 is 7.92. The van der Waals surface area contributed by atoms with Gasteiger partial charge in [0.2, 0.25) is 0 Å². The van der Waals surface area contributed by atoms with Crippen LogP contribution in [0.25, 0.3) is 0 Å². The number of carbonyl (C=O) groups is 1. The third-order valence-electron chi connectivity index (χ3n) is 4.94. The number of nitrogens with one attached hydrogen (secondary N) is 2. The van der Waals surface area contributed by atoms with Crippen molar-refractivity contribution >= 4 is 17.5 Å². The average molecular weight is 462 g/mol. The van der Waals surface area contributed by atoms with Gasteiger partial charge in [-0.15, -0.1) is 0 Å². The van der Waals surface area contributed by atoms with Crippen molar-refractivity contribution in [1.29, 1.82) is 0 Å². The van der Waals surface area contributed by atoms with Gasteiger partial charge in [-0.2, -0.15) is 0 Å². The summed E-state index contributed by atoms with van der Waals surface area (Å²) in [5.74, 6) is -0.558. The van der Waals surface area contributed by atoms with Gasteiger partial charge in [0.1, 0.15) is 11.4 Å². The van der Waals surface area contributed by atoms with Crippen molar-refractivity contribution in [1.82, 2.24) is 14.5 Å². The number of ether oxygens (including phenoxy) is 1. The number of non-ortho nitro benzene ring substituents is 1. The normalized spacial score (nSPS) is 12.3. The van der Waals surface area contributed by atoms with E-state index in [-0.39, 0.29) is 5.69 Å². The highest BCUT2D eigenvalue weighted by Gasteiger charge is 2.26. The standard InChI is InChI=1S/C22H31N5O6/c1-22(2,3)33-20(29)17(15-6-8-16(9-7-15)27(31)32)10-11-23-12-13-24-18-14-19(28)26(5)21(30)25(18)4/h6-9,14,17,23-24H,10-13H2,1-5H3. The third kappa shape index (κ3) is 7.28. The summed E-state index contributed by atoms with van der Waals surface area (Å²) in [6.45, 7) is 6.81. The molecule has 2 N–H and O–H groups in total. The summed E-state index contributed by atoms with van der Waals surface area (Å²) in [4.78, 5) is 46.9. The second-order valence-electron chi connectivity index (χ2n) is 8.67. The molecule has 0 aliphatic carbocycles. The molecule has 0 saturated heterocycles. The Bertz CT molecular complexity index is 1100. The molecule has 1 heterocycles. The topological polar surface area (TPSA) is 138 Å². The predicted molar refractivity (Wildman–Crippen MR) is 125 cm³/mol. The fraction of sp³-hybridized carbons (Fsp3) is 0.500. The van der Waals surface area contributed by atoms with E-state index in [1.807, 2.05) is 0 Å². The number of aromatic nitrogens is 2. The quantitative estimate of drug-likeness (QED) is 0.235. The lowest BCUT2D eigenvalue weighted by molar-refractivity contribution is -0.384. The van der Waals surface area contributed by atoms with Crippen LogP contribution in [0.2, 0.25) is 0 Å². The zero-order chi connectivity index (χ0) is 24.8. The van der Waals surface area contributed by atoms with Crippen LogP contribution in [0.5, 0.6) is 0 Å². The van der Waals surface area contributed by atoms with Gasteiger partial charge >= 0.3 is 11.7 Å². The molecule has 33 heavy (non-hydrogen) atoms. The van der Waals surface area contributed by atoms with Gasteiger partial charge in [0.25, 0.3) is 11.2 Å². The Balaban J connectivity index is 1.96. The molecule has 2 rings (SSSR count). The van der Waals surface area contributed by atoms with E-state index >= 15 is 0 Å². The molecule has 0 bridgehead atoms. The minimum absolute atomic E-state index is 0.0453. The highest BCUT2D eigenvalue weighted by atomic mass is 16.6. The first kappa shape index (κ1) is 25.8. The highest BCUT2D eigenvalue weighted by molar-refractivity contribution is 5.78. The predicted octanol–water partition coefficient (Wildman–Crippen LogP) is 1.51. The maximum atomic E-state index is 12.8. The van der Waals surface area contributed by atoms with Crippen LogP contribution in [-0.2, 0) is 23.6 Å². The van der Waals surface area contributed by atoms with Gasteiger partial charge in [-0.3, -0.25) is 28.8 Å². The Morgan fingerprint density at radius 3 is 2.30 bits per heavy atom. The molecule has 2 aromatic rings. The van der Waals surface area contributed by atoms with Crippen molar-refractivity contribution < 1.29 is 14.5 Å². The van der Waals surface area contributed by atoms with Crippen LogP contribution in [0.15, 0.2) is 39.9 Å². The highest BCUT2D eigenvalue weighted by Crippen LogP contribution is 2.25. The summed E-state index contributed by atoms with van der Waals surface area (Å²) in [6, 6.07) is 7.25. The molecule has 1 aromatic heterocycles. The maximum Gasteiger partial charge on any atom is 0.332 e. The number of hydrogen-bond acceptors (Lipinski definition) is 8. The lowest BCUT2D eigenvalue weighted by Crippen LogP contribution is -2.38. The zero-order valence-electron chi connectivity index (χ0n) is 19.6. The lowest BCUT2D eigenvalue weighted by atomic mass is 9.95. The van der Waals surface area contributed by atoms with E-state index in [4.69, 9.17) is 4.74 Å². The first-order chi connectivity index (χ1) is 15.4. The molecule has 0 aliphatic heterocycles. The molecular formula is C22H31N5O6. The first-order valence-electron chi connectivity index (χ1n) is 10.6. The monoisotopic (exact) mass is 461 g/mol. The summed E-state index contributed by atoms with van der Waals surface area (Å²) in [6.07, 6.45) is 0.428. The Hall–Kier alpha value is -3.47. The number of hydrogen-bond donors (Lipinski definition) is 2. The summed E-state index contributed by atoms with van der Waals surface area (Å²) in [7, 11) is 3.00. The first-order valence-corrected chi connectivity index (χ1v) is 10.6. The number of carbonyl (C=O) groups excluding carboxylic acids is 1. The Kier molecular flexibility index (Phi) is 8.52. The fourth-order valence-electron chi connectivity index (χ4n) is 3.17. The van der Waals surface area contributed by atoms with Crippen LogP contribution < -0.4 is 21.9 Å². The van der Waals surface area contributed by atoms with Crippen LogP contribution in [0.4, 0.5) is 11.5 Å². The van der Waals surface area contributed by atoms with Crippen molar-refractivity contribution in [3.63, 3.8) is 0 Å². The smallest absolute Gasteiger partial charge is 0.332 e. The number of anilines is 1. The molecule has 0 fully saturated rings. The van der Waals surface area contributed by atoms with Gasteiger partial charge in [-0.25, -0.2) is 4.79 Å². The summed E-state index contributed by atoms with van der Waals surface area (Å²) in [5.41, 5.74) is -0.866. The molecule has 1 unspecified atom stereocenters. The molecule has 1 atom stereocenters. The van der Waals surface area contributed by atoms with Crippen LogP contribution in [0.3, 0.4) is 0 Å². The largest absolute Gasteiger partial charge is 0.459 e. The molecule has 1 aromatic carbocycles. The zero-order valence-corrected chi connectivity index (χ0v) is 19.6. The van der Waals surface area contributed by atoms with Crippen molar-refractivity contribution in [3.8, 4) is 0 Å². The average Bonchev–Trinajstić information content (AvgIpc) is 2.73. The van der Waals surface area contributed by atoms with Crippen molar-refractivity contribution in [2.24, 2.45) is 14.1 Å². The van der Waals surface area contributed by atoms with Gasteiger partial charge in [0.15, 0.2) is 0 Å². The van der Waals surface area contributed by atoms with E-state index in [9.17, 15) is 24.5 Å². The molecule has 11 heteroatoms. The SMILES string of the molecule is Cn1c(NCCNCCC(C(=O)OC(C)(C)C)c2ccc([N+](=O)[O-])cc2)cc(=O)n(C)c1=O. The van der Waals surface area contributed by atoms with Gasteiger partial charge in [0.05, 0.1) is 10.8 Å².